The molecular formula is C20H36Cl3F2N5O. The lowest BCUT2D eigenvalue weighted by Gasteiger charge is -2.31. The first-order chi connectivity index (χ1) is 13.4. The summed E-state index contributed by atoms with van der Waals surface area (Å²) in [5, 5.41) is 9.15. The summed E-state index contributed by atoms with van der Waals surface area (Å²) in [4.78, 5) is 4.41. The van der Waals surface area contributed by atoms with E-state index in [2.05, 4.69) is 27.0 Å². The highest BCUT2D eigenvalue weighted by molar-refractivity contribution is 5.86. The lowest BCUT2D eigenvalue weighted by Crippen LogP contribution is -2.52. The van der Waals surface area contributed by atoms with Gasteiger partial charge < -0.3 is 26.4 Å². The number of anilines is 1. The van der Waals surface area contributed by atoms with Crippen LogP contribution < -0.4 is 21.7 Å². The van der Waals surface area contributed by atoms with Crippen LogP contribution in [0, 0.1) is 12.8 Å². The highest BCUT2D eigenvalue weighted by Gasteiger charge is 2.39. The molecule has 0 saturated carbocycles. The van der Waals surface area contributed by atoms with Gasteiger partial charge in [-0.3, -0.25) is 0 Å². The number of aromatic nitrogens is 1. The SMILES string of the molecule is Cc1cc(N)nc(C[C@H]2CNC[C@H]2OCCNCC(F)(F)C2CCCCN2)c1.Cl.Cl.Cl. The van der Waals surface area contributed by atoms with E-state index in [1.807, 2.05) is 13.0 Å². The lowest BCUT2D eigenvalue weighted by molar-refractivity contribution is -0.0448. The molecule has 182 valence electrons. The Morgan fingerprint density at radius 3 is 2.68 bits per heavy atom. The molecule has 3 rings (SSSR count). The van der Waals surface area contributed by atoms with Crippen molar-refractivity contribution in [1.29, 1.82) is 0 Å². The monoisotopic (exact) mass is 505 g/mol. The molecule has 2 aliphatic rings. The van der Waals surface area contributed by atoms with E-state index in [1.165, 1.54) is 0 Å². The number of piperidine rings is 1. The fraction of sp³-hybridized carbons (Fsp3) is 0.750. The maximum atomic E-state index is 14.2. The molecule has 2 aliphatic heterocycles. The van der Waals surface area contributed by atoms with Crippen molar-refractivity contribution in [3.05, 3.63) is 23.4 Å². The third-order valence-corrected chi connectivity index (χ3v) is 5.58. The van der Waals surface area contributed by atoms with E-state index in [9.17, 15) is 8.78 Å². The predicted molar refractivity (Wildman–Crippen MR) is 128 cm³/mol. The summed E-state index contributed by atoms with van der Waals surface area (Å²) in [6.07, 6.45) is 3.25. The number of hydrogen-bond acceptors (Lipinski definition) is 6. The minimum atomic E-state index is -2.73. The highest BCUT2D eigenvalue weighted by atomic mass is 35.5. The third-order valence-electron chi connectivity index (χ3n) is 5.58. The molecule has 3 heterocycles. The first-order valence-corrected chi connectivity index (χ1v) is 10.3. The number of ether oxygens (including phenoxy) is 1. The molecule has 11 heteroatoms. The highest BCUT2D eigenvalue weighted by Crippen LogP contribution is 2.24. The number of pyridine rings is 1. The van der Waals surface area contributed by atoms with Crippen molar-refractivity contribution in [3.8, 4) is 0 Å². The largest absolute Gasteiger partial charge is 0.384 e. The molecule has 1 aromatic rings. The van der Waals surface area contributed by atoms with Gasteiger partial charge in [-0.25, -0.2) is 13.8 Å². The van der Waals surface area contributed by atoms with Crippen LogP contribution in [-0.4, -0.2) is 62.4 Å². The zero-order chi connectivity index (χ0) is 20.0. The van der Waals surface area contributed by atoms with E-state index in [4.69, 9.17) is 10.5 Å². The number of nitrogens with two attached hydrogens (primary N) is 1. The molecule has 5 N–H and O–H groups in total. The zero-order valence-corrected chi connectivity index (χ0v) is 20.3. The number of aryl methyl sites for hydroxylation is 1. The second-order valence-corrected chi connectivity index (χ2v) is 8.03. The van der Waals surface area contributed by atoms with Crippen molar-refractivity contribution in [2.24, 2.45) is 5.92 Å². The second kappa shape index (κ2) is 14.6. The number of nitrogens with one attached hydrogen (secondary N) is 3. The average Bonchev–Trinajstić information content (AvgIpc) is 3.08. The number of hydrogen-bond donors (Lipinski definition) is 4. The van der Waals surface area contributed by atoms with Gasteiger partial charge in [-0.15, -0.1) is 37.2 Å². The summed E-state index contributed by atoms with van der Waals surface area (Å²) in [7, 11) is 0. The topological polar surface area (TPSA) is 84.2 Å². The van der Waals surface area contributed by atoms with Crippen molar-refractivity contribution in [1.82, 2.24) is 20.9 Å². The summed E-state index contributed by atoms with van der Waals surface area (Å²) in [5.41, 5.74) is 7.91. The van der Waals surface area contributed by atoms with Crippen molar-refractivity contribution < 1.29 is 13.5 Å². The summed E-state index contributed by atoms with van der Waals surface area (Å²) in [6, 6.07) is 3.19. The molecule has 2 fully saturated rings. The summed E-state index contributed by atoms with van der Waals surface area (Å²) in [6.45, 7) is 4.84. The van der Waals surface area contributed by atoms with Gasteiger partial charge in [0.1, 0.15) is 5.82 Å². The van der Waals surface area contributed by atoms with Crippen molar-refractivity contribution >= 4 is 43.0 Å². The van der Waals surface area contributed by atoms with Crippen LogP contribution in [0.4, 0.5) is 14.6 Å². The van der Waals surface area contributed by atoms with E-state index < -0.39 is 12.0 Å². The van der Waals surface area contributed by atoms with Crippen molar-refractivity contribution in [3.63, 3.8) is 0 Å². The molecule has 0 amide bonds. The van der Waals surface area contributed by atoms with Crippen LogP contribution in [0.2, 0.25) is 0 Å². The maximum absolute atomic E-state index is 14.2. The van der Waals surface area contributed by atoms with Gasteiger partial charge in [0.25, 0.3) is 5.92 Å². The van der Waals surface area contributed by atoms with Gasteiger partial charge in [0.05, 0.1) is 25.3 Å². The Morgan fingerprint density at radius 1 is 1.23 bits per heavy atom. The van der Waals surface area contributed by atoms with Gasteiger partial charge in [-0.2, -0.15) is 0 Å². The van der Waals surface area contributed by atoms with E-state index >= 15 is 0 Å². The van der Waals surface area contributed by atoms with Crippen LogP contribution in [0.3, 0.4) is 0 Å². The Kier molecular flexibility index (Phi) is 14.4. The number of nitrogens with zero attached hydrogens (tertiary/aromatic N) is 1. The molecule has 0 aromatic carbocycles. The second-order valence-electron chi connectivity index (χ2n) is 8.03. The van der Waals surface area contributed by atoms with Gasteiger partial charge in [0.15, 0.2) is 0 Å². The number of alkyl halides is 2. The molecule has 3 atom stereocenters. The third kappa shape index (κ3) is 9.50. The Morgan fingerprint density at radius 2 is 2.00 bits per heavy atom. The van der Waals surface area contributed by atoms with Crippen molar-refractivity contribution in [2.45, 2.75) is 50.7 Å². The zero-order valence-electron chi connectivity index (χ0n) is 17.9. The molecule has 31 heavy (non-hydrogen) atoms. The van der Waals surface area contributed by atoms with Crippen LogP contribution in [-0.2, 0) is 11.2 Å². The normalized spacial score (nSPS) is 23.4. The number of rotatable bonds is 9. The summed E-state index contributed by atoms with van der Waals surface area (Å²) >= 11 is 0. The Hall–Kier alpha value is -0.480. The van der Waals surface area contributed by atoms with Crippen LogP contribution in [0.25, 0.3) is 0 Å². The quantitative estimate of drug-likeness (QED) is 0.386. The molecule has 1 unspecified atom stereocenters. The van der Waals surface area contributed by atoms with E-state index in [-0.39, 0.29) is 49.9 Å². The average molecular weight is 507 g/mol. The summed E-state index contributed by atoms with van der Waals surface area (Å²) < 4.78 is 34.4. The first-order valence-electron chi connectivity index (χ1n) is 10.3. The van der Waals surface area contributed by atoms with Crippen LogP contribution in [0.15, 0.2) is 12.1 Å². The number of halogens is 5. The van der Waals surface area contributed by atoms with Gasteiger partial charge >= 0.3 is 0 Å². The minimum Gasteiger partial charge on any atom is -0.384 e. The molecule has 0 bridgehead atoms. The van der Waals surface area contributed by atoms with E-state index in [1.54, 1.807) is 0 Å². The molecule has 1 aromatic heterocycles. The minimum absolute atomic E-state index is 0. The lowest BCUT2D eigenvalue weighted by atomic mass is 9.99. The molecule has 0 aliphatic carbocycles. The van der Waals surface area contributed by atoms with Crippen LogP contribution in [0.1, 0.15) is 30.5 Å². The fourth-order valence-electron chi connectivity index (χ4n) is 4.12. The fourth-order valence-corrected chi connectivity index (χ4v) is 4.12. The van der Waals surface area contributed by atoms with Gasteiger partial charge in [0, 0.05) is 31.2 Å². The molecule has 2 saturated heterocycles. The molecule has 6 nitrogen and oxygen atoms in total. The Bertz CT molecular complexity index is 619. The van der Waals surface area contributed by atoms with Crippen molar-refractivity contribution in [2.75, 3.05) is 45.1 Å². The Balaban J connectivity index is 0.00000300. The maximum Gasteiger partial charge on any atom is 0.275 e. The molecular weight excluding hydrogens is 471 g/mol. The van der Waals surface area contributed by atoms with E-state index in [0.717, 1.165) is 43.6 Å². The van der Waals surface area contributed by atoms with Crippen LogP contribution >= 0.6 is 37.2 Å². The summed E-state index contributed by atoms with van der Waals surface area (Å²) in [5.74, 6) is -1.88. The first kappa shape index (κ1) is 30.5. The van der Waals surface area contributed by atoms with Gasteiger partial charge in [-0.1, -0.05) is 6.42 Å². The van der Waals surface area contributed by atoms with Gasteiger partial charge in [-0.05, 0) is 50.4 Å². The van der Waals surface area contributed by atoms with Crippen LogP contribution in [0.5, 0.6) is 0 Å². The molecule has 0 spiro atoms. The Labute approximate surface area is 202 Å². The smallest absolute Gasteiger partial charge is 0.275 e. The predicted octanol–water partition coefficient (Wildman–Crippen LogP) is 2.75. The number of nitrogen functional groups attached to an aromatic ring is 1. The van der Waals surface area contributed by atoms with E-state index in [0.29, 0.717) is 37.9 Å². The standard InChI is InChI=1S/C20H33F2N5O.3ClH/c1-14-8-16(27-19(23)9-14)10-15-11-25-12-17(15)28-7-6-24-13-20(21,22)18-4-2-3-5-26-18;;;/h8-9,15,17-18,24-26H,2-7,10-13H2,1H3,(H2,23,27);3*1H/t15-,17+,18?;;;/m0.../s1. The molecule has 0 radical (unpaired) electrons. The van der Waals surface area contributed by atoms with Gasteiger partial charge in [0.2, 0.25) is 0 Å².